The lowest BCUT2D eigenvalue weighted by molar-refractivity contribution is -0.122. The van der Waals surface area contributed by atoms with E-state index in [2.05, 4.69) is 4.98 Å². The van der Waals surface area contributed by atoms with Gasteiger partial charge in [-0.2, -0.15) is 0 Å². The molecule has 3 heterocycles. The van der Waals surface area contributed by atoms with Gasteiger partial charge in [0.1, 0.15) is 0 Å². The molecule has 0 saturated carbocycles. The van der Waals surface area contributed by atoms with Gasteiger partial charge in [-0.15, -0.1) is 11.3 Å². The fraction of sp³-hybridized carbons (Fsp3) is 0.286. The van der Waals surface area contributed by atoms with Gasteiger partial charge in [-0.1, -0.05) is 18.2 Å². The number of carbonyl (C=O) groups is 2. The minimum absolute atomic E-state index is 0.0330. The molecule has 2 aromatic heterocycles. The van der Waals surface area contributed by atoms with Gasteiger partial charge in [0, 0.05) is 24.4 Å². The first-order valence-corrected chi connectivity index (χ1v) is 10.2. The summed E-state index contributed by atoms with van der Waals surface area (Å²) in [6, 6.07) is 13.0. The second kappa shape index (κ2) is 7.98. The molecule has 3 aromatic rings. The average Bonchev–Trinajstić information content (AvgIpc) is 3.41. The fourth-order valence-electron chi connectivity index (χ4n) is 3.42. The molecule has 6 nitrogen and oxygen atoms in total. The van der Waals surface area contributed by atoms with Crippen molar-refractivity contribution in [2.24, 2.45) is 5.92 Å². The summed E-state index contributed by atoms with van der Waals surface area (Å²) in [6.45, 7) is 3.00. The van der Waals surface area contributed by atoms with E-state index in [0.717, 1.165) is 11.4 Å². The Kier molecular flexibility index (Phi) is 5.25. The smallest absolute Gasteiger partial charge is 0.289 e. The Hall–Kier alpha value is -2.93. The molecule has 0 N–H and O–H groups in total. The molecule has 144 valence electrons. The van der Waals surface area contributed by atoms with E-state index in [9.17, 15) is 9.59 Å². The highest BCUT2D eigenvalue weighted by Gasteiger charge is 2.33. The molecular weight excluding hydrogens is 374 g/mol. The molecule has 1 aliphatic rings. The van der Waals surface area contributed by atoms with Crippen LogP contribution < -0.4 is 4.90 Å². The molecule has 0 unspecified atom stereocenters. The van der Waals surface area contributed by atoms with Gasteiger partial charge in [0.2, 0.25) is 5.91 Å². The maximum Gasteiger partial charge on any atom is 0.289 e. The Morgan fingerprint density at radius 1 is 1.14 bits per heavy atom. The number of furan rings is 1. The number of likely N-dealkylation sites (tertiary alicyclic amines) is 1. The third kappa shape index (κ3) is 3.71. The van der Waals surface area contributed by atoms with Crippen molar-refractivity contribution < 1.29 is 14.0 Å². The van der Waals surface area contributed by atoms with Crippen LogP contribution >= 0.6 is 11.3 Å². The van der Waals surface area contributed by atoms with E-state index in [0.29, 0.717) is 36.8 Å². The molecule has 4 rings (SSSR count). The van der Waals surface area contributed by atoms with Crippen LogP contribution in [0.2, 0.25) is 0 Å². The number of benzene rings is 1. The number of amides is 2. The molecule has 0 bridgehead atoms. The van der Waals surface area contributed by atoms with Crippen LogP contribution in [0.1, 0.15) is 29.1 Å². The van der Waals surface area contributed by atoms with Crippen LogP contribution in [0.4, 0.5) is 10.8 Å². The monoisotopic (exact) mass is 395 g/mol. The van der Waals surface area contributed by atoms with Crippen LogP contribution in [-0.4, -0.2) is 34.8 Å². The van der Waals surface area contributed by atoms with Crippen molar-refractivity contribution in [3.05, 3.63) is 65.6 Å². The summed E-state index contributed by atoms with van der Waals surface area (Å²) >= 11 is 1.47. The van der Waals surface area contributed by atoms with Gasteiger partial charge in [-0.05, 0) is 44.0 Å². The summed E-state index contributed by atoms with van der Waals surface area (Å²) in [7, 11) is 0. The number of hydrogen-bond acceptors (Lipinski definition) is 5. The predicted octanol–water partition coefficient (Wildman–Crippen LogP) is 4.26. The van der Waals surface area contributed by atoms with Crippen molar-refractivity contribution in [2.75, 3.05) is 18.0 Å². The highest BCUT2D eigenvalue weighted by Crippen LogP contribution is 2.32. The van der Waals surface area contributed by atoms with Crippen LogP contribution in [0.5, 0.6) is 0 Å². The quantitative estimate of drug-likeness (QED) is 0.662. The van der Waals surface area contributed by atoms with E-state index >= 15 is 0 Å². The molecule has 0 atom stereocenters. The number of thiazole rings is 1. The number of aromatic nitrogens is 1. The van der Waals surface area contributed by atoms with Crippen LogP contribution in [0, 0.1) is 12.8 Å². The average molecular weight is 395 g/mol. The first-order chi connectivity index (χ1) is 13.6. The molecular formula is C21H21N3O3S. The molecule has 1 fully saturated rings. The maximum absolute atomic E-state index is 13.4. The Morgan fingerprint density at radius 2 is 1.89 bits per heavy atom. The summed E-state index contributed by atoms with van der Waals surface area (Å²) in [5.41, 5.74) is 1.71. The van der Waals surface area contributed by atoms with Gasteiger partial charge in [-0.3, -0.25) is 14.5 Å². The molecule has 0 spiro atoms. The number of aryl methyl sites for hydroxylation is 1. The molecule has 1 aliphatic heterocycles. The Labute approximate surface area is 167 Å². The van der Waals surface area contributed by atoms with Gasteiger partial charge in [0.25, 0.3) is 5.91 Å². The second-order valence-corrected chi connectivity index (χ2v) is 7.66. The van der Waals surface area contributed by atoms with E-state index < -0.39 is 0 Å². The summed E-state index contributed by atoms with van der Waals surface area (Å²) < 4.78 is 5.21. The Balaban J connectivity index is 1.50. The van der Waals surface area contributed by atoms with Crippen molar-refractivity contribution in [1.29, 1.82) is 0 Å². The minimum atomic E-state index is -0.148. The maximum atomic E-state index is 13.4. The largest absolute Gasteiger partial charge is 0.459 e. The van der Waals surface area contributed by atoms with Gasteiger partial charge in [-0.25, -0.2) is 4.98 Å². The first-order valence-electron chi connectivity index (χ1n) is 9.27. The number of carbonyl (C=O) groups excluding carboxylic acids is 2. The lowest BCUT2D eigenvalue weighted by Gasteiger charge is -2.33. The lowest BCUT2D eigenvalue weighted by Crippen LogP contribution is -2.43. The minimum Gasteiger partial charge on any atom is -0.459 e. The van der Waals surface area contributed by atoms with Gasteiger partial charge in [0.05, 0.1) is 17.6 Å². The number of piperidine rings is 1. The number of hydrogen-bond donors (Lipinski definition) is 0. The van der Waals surface area contributed by atoms with E-state index in [1.54, 1.807) is 21.9 Å². The number of rotatable bonds is 4. The zero-order valence-corrected chi connectivity index (χ0v) is 16.4. The molecule has 0 radical (unpaired) electrons. The SMILES string of the molecule is Cc1csc(N(C(=O)C2CCN(C(=O)c3ccco3)CC2)c2ccccc2)n1. The van der Waals surface area contributed by atoms with E-state index in [1.165, 1.54) is 17.6 Å². The van der Waals surface area contributed by atoms with Crippen molar-refractivity contribution in [3.8, 4) is 0 Å². The van der Waals surface area contributed by atoms with Gasteiger partial charge >= 0.3 is 0 Å². The third-order valence-electron chi connectivity index (χ3n) is 4.90. The van der Waals surface area contributed by atoms with Crippen LogP contribution in [-0.2, 0) is 4.79 Å². The summed E-state index contributed by atoms with van der Waals surface area (Å²) in [5, 5.41) is 2.63. The van der Waals surface area contributed by atoms with Crippen molar-refractivity contribution in [1.82, 2.24) is 9.88 Å². The number of anilines is 2. The zero-order valence-electron chi connectivity index (χ0n) is 15.6. The van der Waals surface area contributed by atoms with E-state index in [-0.39, 0.29) is 17.7 Å². The van der Waals surface area contributed by atoms with Gasteiger partial charge in [0.15, 0.2) is 10.9 Å². The molecule has 28 heavy (non-hydrogen) atoms. The summed E-state index contributed by atoms with van der Waals surface area (Å²) in [6.07, 6.45) is 2.75. The Morgan fingerprint density at radius 3 is 2.50 bits per heavy atom. The van der Waals surface area contributed by atoms with E-state index in [1.807, 2.05) is 42.6 Å². The number of nitrogens with zero attached hydrogens (tertiary/aromatic N) is 3. The van der Waals surface area contributed by atoms with Crippen LogP contribution in [0.15, 0.2) is 58.5 Å². The molecule has 7 heteroatoms. The van der Waals surface area contributed by atoms with E-state index in [4.69, 9.17) is 4.42 Å². The van der Waals surface area contributed by atoms with Crippen molar-refractivity contribution in [3.63, 3.8) is 0 Å². The summed E-state index contributed by atoms with van der Waals surface area (Å²) in [4.78, 5) is 33.8. The van der Waals surface area contributed by atoms with Crippen molar-refractivity contribution >= 4 is 34.0 Å². The zero-order chi connectivity index (χ0) is 19.5. The first kappa shape index (κ1) is 18.4. The normalized spacial score (nSPS) is 14.8. The molecule has 1 saturated heterocycles. The van der Waals surface area contributed by atoms with Gasteiger partial charge < -0.3 is 9.32 Å². The highest BCUT2D eigenvalue weighted by atomic mass is 32.1. The standard InChI is InChI=1S/C21H21N3O3S/c1-15-14-28-21(22-15)24(17-6-3-2-4-7-17)19(25)16-9-11-23(12-10-16)20(26)18-8-5-13-27-18/h2-8,13-14,16H,9-12H2,1H3. The number of para-hydroxylation sites is 1. The molecule has 0 aliphatic carbocycles. The fourth-order valence-corrected chi connectivity index (χ4v) is 4.25. The van der Waals surface area contributed by atoms with Crippen LogP contribution in [0.3, 0.4) is 0 Å². The second-order valence-electron chi connectivity index (χ2n) is 6.82. The molecule has 1 aromatic carbocycles. The lowest BCUT2D eigenvalue weighted by atomic mass is 9.95. The highest BCUT2D eigenvalue weighted by molar-refractivity contribution is 7.14. The third-order valence-corrected chi connectivity index (χ3v) is 5.84. The topological polar surface area (TPSA) is 66.7 Å². The Bertz CT molecular complexity index is 944. The molecule has 2 amide bonds. The van der Waals surface area contributed by atoms with Crippen molar-refractivity contribution in [2.45, 2.75) is 19.8 Å². The summed E-state index contributed by atoms with van der Waals surface area (Å²) in [5.74, 6) is 0.107. The predicted molar refractivity (Wildman–Crippen MR) is 108 cm³/mol. The van der Waals surface area contributed by atoms with Crippen LogP contribution in [0.25, 0.3) is 0 Å².